The van der Waals surface area contributed by atoms with Crippen LogP contribution in [0.15, 0.2) is 18.5 Å². The standard InChI is InChI=1S/C10H12ClN3/c1-7(2)14-9-3-4-12-6-8(9)13-10(14)5-11/h3-4,6-7H,5H2,1-2H3. The van der Waals surface area contributed by atoms with Crippen molar-refractivity contribution in [2.75, 3.05) is 0 Å². The van der Waals surface area contributed by atoms with E-state index in [1.54, 1.807) is 12.4 Å². The first-order chi connectivity index (χ1) is 6.74. The van der Waals surface area contributed by atoms with Crippen molar-refractivity contribution in [3.05, 3.63) is 24.3 Å². The lowest BCUT2D eigenvalue weighted by molar-refractivity contribution is 0.597. The van der Waals surface area contributed by atoms with Gasteiger partial charge in [-0.2, -0.15) is 0 Å². The number of nitrogens with zero attached hydrogens (tertiary/aromatic N) is 3. The van der Waals surface area contributed by atoms with Crippen molar-refractivity contribution in [3.8, 4) is 0 Å². The van der Waals surface area contributed by atoms with E-state index in [4.69, 9.17) is 11.6 Å². The summed E-state index contributed by atoms with van der Waals surface area (Å²) in [4.78, 5) is 8.46. The van der Waals surface area contributed by atoms with Crippen molar-refractivity contribution in [2.45, 2.75) is 25.8 Å². The molecule has 2 aromatic rings. The molecule has 0 bridgehead atoms. The lowest BCUT2D eigenvalue weighted by atomic mass is 10.3. The summed E-state index contributed by atoms with van der Waals surface area (Å²) in [6.45, 7) is 4.25. The Balaban J connectivity index is 2.74. The fraction of sp³-hybridized carbons (Fsp3) is 0.400. The maximum atomic E-state index is 5.84. The SMILES string of the molecule is CC(C)n1c(CCl)nc2cnccc21. The van der Waals surface area contributed by atoms with Gasteiger partial charge in [0, 0.05) is 12.2 Å². The Bertz CT molecular complexity index is 448. The number of pyridine rings is 1. The van der Waals surface area contributed by atoms with E-state index >= 15 is 0 Å². The molecule has 0 aliphatic rings. The Kier molecular flexibility index (Phi) is 2.42. The molecule has 0 amide bonds. The summed E-state index contributed by atoms with van der Waals surface area (Å²) in [5.74, 6) is 1.34. The summed E-state index contributed by atoms with van der Waals surface area (Å²) in [5, 5.41) is 0. The largest absolute Gasteiger partial charge is 0.324 e. The molecule has 0 atom stereocenters. The molecule has 0 fully saturated rings. The minimum Gasteiger partial charge on any atom is -0.324 e. The van der Waals surface area contributed by atoms with E-state index in [0.717, 1.165) is 16.9 Å². The first-order valence-corrected chi connectivity index (χ1v) is 5.14. The van der Waals surface area contributed by atoms with Crippen molar-refractivity contribution < 1.29 is 0 Å². The summed E-state index contributed by atoms with van der Waals surface area (Å²) in [5.41, 5.74) is 2.02. The van der Waals surface area contributed by atoms with Crippen LogP contribution < -0.4 is 0 Å². The highest BCUT2D eigenvalue weighted by atomic mass is 35.5. The zero-order valence-corrected chi connectivity index (χ0v) is 8.99. The number of aromatic nitrogens is 3. The molecular weight excluding hydrogens is 198 g/mol. The van der Waals surface area contributed by atoms with Crippen LogP contribution in [0.3, 0.4) is 0 Å². The first kappa shape index (κ1) is 9.46. The number of hydrogen-bond acceptors (Lipinski definition) is 2. The summed E-state index contributed by atoms with van der Waals surface area (Å²) >= 11 is 5.84. The number of rotatable bonds is 2. The number of hydrogen-bond donors (Lipinski definition) is 0. The number of halogens is 1. The predicted octanol–water partition coefficient (Wildman–Crippen LogP) is 2.75. The van der Waals surface area contributed by atoms with E-state index < -0.39 is 0 Å². The van der Waals surface area contributed by atoms with Crippen LogP contribution in [0, 0.1) is 0 Å². The third-order valence-corrected chi connectivity index (χ3v) is 2.44. The molecule has 4 heteroatoms. The Morgan fingerprint density at radius 2 is 2.29 bits per heavy atom. The molecule has 0 radical (unpaired) electrons. The Hall–Kier alpha value is -1.09. The van der Waals surface area contributed by atoms with Crippen LogP contribution in [0.5, 0.6) is 0 Å². The molecular formula is C10H12ClN3. The van der Waals surface area contributed by atoms with Crippen molar-refractivity contribution in [1.29, 1.82) is 0 Å². The molecule has 0 spiro atoms. The van der Waals surface area contributed by atoms with Gasteiger partial charge in [0.05, 0.1) is 17.6 Å². The highest BCUT2D eigenvalue weighted by Crippen LogP contribution is 2.20. The van der Waals surface area contributed by atoms with Crippen molar-refractivity contribution in [1.82, 2.24) is 14.5 Å². The number of fused-ring (bicyclic) bond motifs is 1. The van der Waals surface area contributed by atoms with Gasteiger partial charge in [0.2, 0.25) is 0 Å². The summed E-state index contributed by atoms with van der Waals surface area (Å²) in [7, 11) is 0. The van der Waals surface area contributed by atoms with E-state index in [2.05, 4.69) is 28.4 Å². The van der Waals surface area contributed by atoms with Crippen molar-refractivity contribution in [2.24, 2.45) is 0 Å². The van der Waals surface area contributed by atoms with Crippen LogP contribution in [0.2, 0.25) is 0 Å². The monoisotopic (exact) mass is 209 g/mol. The molecule has 0 unspecified atom stereocenters. The molecule has 0 aromatic carbocycles. The van der Waals surface area contributed by atoms with Gasteiger partial charge in [0.1, 0.15) is 11.3 Å². The van der Waals surface area contributed by atoms with Crippen LogP contribution in [0.4, 0.5) is 0 Å². The van der Waals surface area contributed by atoms with Crippen molar-refractivity contribution in [3.63, 3.8) is 0 Å². The van der Waals surface area contributed by atoms with E-state index in [9.17, 15) is 0 Å². The number of imidazole rings is 1. The van der Waals surface area contributed by atoms with Crippen molar-refractivity contribution >= 4 is 22.6 Å². The zero-order valence-electron chi connectivity index (χ0n) is 8.24. The van der Waals surface area contributed by atoms with Gasteiger partial charge in [-0.3, -0.25) is 4.98 Å². The summed E-state index contributed by atoms with van der Waals surface area (Å²) in [6, 6.07) is 2.34. The molecule has 2 aromatic heterocycles. The lowest BCUT2D eigenvalue weighted by Gasteiger charge is -2.10. The van der Waals surface area contributed by atoms with Gasteiger partial charge in [-0.1, -0.05) is 0 Å². The highest BCUT2D eigenvalue weighted by Gasteiger charge is 2.11. The van der Waals surface area contributed by atoms with Gasteiger partial charge in [0.15, 0.2) is 0 Å². The van der Waals surface area contributed by atoms with Gasteiger partial charge < -0.3 is 4.57 Å². The third-order valence-electron chi connectivity index (χ3n) is 2.20. The average molecular weight is 210 g/mol. The smallest absolute Gasteiger partial charge is 0.125 e. The Labute approximate surface area is 87.7 Å². The summed E-state index contributed by atoms with van der Waals surface area (Å²) in [6.07, 6.45) is 3.55. The van der Waals surface area contributed by atoms with Crippen LogP contribution >= 0.6 is 11.6 Å². The molecule has 2 heterocycles. The van der Waals surface area contributed by atoms with Crippen LogP contribution in [-0.2, 0) is 5.88 Å². The van der Waals surface area contributed by atoms with E-state index in [1.807, 2.05) is 6.07 Å². The maximum Gasteiger partial charge on any atom is 0.125 e. The molecule has 0 N–H and O–H groups in total. The Morgan fingerprint density at radius 3 is 2.93 bits per heavy atom. The average Bonchev–Trinajstić information content (AvgIpc) is 2.55. The fourth-order valence-electron chi connectivity index (χ4n) is 1.67. The third kappa shape index (κ3) is 1.38. The normalized spacial score (nSPS) is 11.4. The van der Waals surface area contributed by atoms with Gasteiger partial charge in [-0.25, -0.2) is 4.98 Å². The number of alkyl halides is 1. The predicted molar refractivity (Wildman–Crippen MR) is 57.5 cm³/mol. The highest BCUT2D eigenvalue weighted by molar-refractivity contribution is 6.16. The first-order valence-electron chi connectivity index (χ1n) is 4.61. The molecule has 0 saturated heterocycles. The van der Waals surface area contributed by atoms with Gasteiger partial charge in [-0.05, 0) is 19.9 Å². The van der Waals surface area contributed by atoms with Crippen LogP contribution in [0.25, 0.3) is 11.0 Å². The Morgan fingerprint density at radius 1 is 1.50 bits per heavy atom. The molecule has 14 heavy (non-hydrogen) atoms. The second-order valence-electron chi connectivity index (χ2n) is 3.49. The topological polar surface area (TPSA) is 30.7 Å². The van der Waals surface area contributed by atoms with Gasteiger partial charge in [0.25, 0.3) is 0 Å². The van der Waals surface area contributed by atoms with Crippen LogP contribution in [0.1, 0.15) is 25.7 Å². The van der Waals surface area contributed by atoms with E-state index in [0.29, 0.717) is 11.9 Å². The minimum absolute atomic E-state index is 0.371. The molecule has 74 valence electrons. The molecule has 2 rings (SSSR count). The van der Waals surface area contributed by atoms with Gasteiger partial charge >= 0.3 is 0 Å². The molecule has 3 nitrogen and oxygen atoms in total. The van der Waals surface area contributed by atoms with Crippen LogP contribution in [-0.4, -0.2) is 14.5 Å². The van der Waals surface area contributed by atoms with Gasteiger partial charge in [-0.15, -0.1) is 11.6 Å². The zero-order chi connectivity index (χ0) is 10.1. The maximum absolute atomic E-state index is 5.84. The molecule has 0 aliphatic carbocycles. The second-order valence-corrected chi connectivity index (χ2v) is 3.76. The van der Waals surface area contributed by atoms with E-state index in [-0.39, 0.29) is 0 Å². The fourth-order valence-corrected chi connectivity index (χ4v) is 1.86. The quantitative estimate of drug-likeness (QED) is 0.713. The molecule has 0 saturated carbocycles. The summed E-state index contributed by atoms with van der Waals surface area (Å²) < 4.78 is 2.14. The second kappa shape index (κ2) is 3.58. The lowest BCUT2D eigenvalue weighted by Crippen LogP contribution is -2.04. The minimum atomic E-state index is 0.371. The van der Waals surface area contributed by atoms with E-state index in [1.165, 1.54) is 0 Å². The molecule has 0 aliphatic heterocycles.